The fourth-order valence-electron chi connectivity index (χ4n) is 3.61. The summed E-state index contributed by atoms with van der Waals surface area (Å²) < 4.78 is 1.01. The summed E-state index contributed by atoms with van der Waals surface area (Å²) in [6.07, 6.45) is 7.48. The third kappa shape index (κ3) is 4.71. The summed E-state index contributed by atoms with van der Waals surface area (Å²) in [6.45, 7) is 2.92. The molecule has 25 heavy (non-hydrogen) atoms. The van der Waals surface area contributed by atoms with Crippen molar-refractivity contribution >= 4 is 21.8 Å². The van der Waals surface area contributed by atoms with E-state index in [4.69, 9.17) is 0 Å². The lowest BCUT2D eigenvalue weighted by Gasteiger charge is -2.37. The number of halogens is 1. The highest BCUT2D eigenvalue weighted by molar-refractivity contribution is 9.10. The summed E-state index contributed by atoms with van der Waals surface area (Å²) in [5.41, 5.74) is 2.32. The van der Waals surface area contributed by atoms with Crippen LogP contribution in [0.1, 0.15) is 43.7 Å². The number of carbonyl (C=O) groups is 1. The standard InChI is InChI=1S/C20H24BrN3O/c21-18-8-6-17(7-9-18)19(15-22)23-10-12-24(13-11-23)20(25)14-16-4-2-1-3-5-16/h4,6-9,19H,1-3,5,10-14H2/t19-/m0/s1. The fourth-order valence-corrected chi connectivity index (χ4v) is 3.88. The Bertz CT molecular complexity index is 669. The lowest BCUT2D eigenvalue weighted by molar-refractivity contribution is -0.132. The van der Waals surface area contributed by atoms with E-state index in [0.717, 1.165) is 36.0 Å². The van der Waals surface area contributed by atoms with E-state index in [9.17, 15) is 10.1 Å². The average Bonchev–Trinajstić information content (AvgIpc) is 2.65. The van der Waals surface area contributed by atoms with Crippen LogP contribution in [0.4, 0.5) is 0 Å². The van der Waals surface area contributed by atoms with Crippen LogP contribution in [0.3, 0.4) is 0 Å². The van der Waals surface area contributed by atoms with Gasteiger partial charge in [-0.25, -0.2) is 0 Å². The molecule has 1 atom stereocenters. The first-order valence-electron chi connectivity index (χ1n) is 9.02. The number of nitrogens with zero attached hydrogens (tertiary/aromatic N) is 3. The molecular weight excluding hydrogens is 378 g/mol. The quantitative estimate of drug-likeness (QED) is 0.714. The van der Waals surface area contributed by atoms with E-state index in [1.807, 2.05) is 29.2 Å². The summed E-state index contributed by atoms with van der Waals surface area (Å²) >= 11 is 3.43. The number of benzene rings is 1. The molecule has 0 radical (unpaired) electrons. The second-order valence-electron chi connectivity index (χ2n) is 6.78. The van der Waals surface area contributed by atoms with Crippen molar-refractivity contribution in [3.05, 3.63) is 46.0 Å². The monoisotopic (exact) mass is 401 g/mol. The summed E-state index contributed by atoms with van der Waals surface area (Å²) in [5.74, 6) is 0.241. The van der Waals surface area contributed by atoms with Crippen LogP contribution in [0.25, 0.3) is 0 Å². The third-order valence-electron chi connectivity index (χ3n) is 5.10. The largest absolute Gasteiger partial charge is 0.340 e. The Hall–Kier alpha value is -1.64. The van der Waals surface area contributed by atoms with Crippen molar-refractivity contribution in [2.75, 3.05) is 26.2 Å². The number of hydrogen-bond acceptors (Lipinski definition) is 3. The highest BCUT2D eigenvalue weighted by Crippen LogP contribution is 2.25. The van der Waals surface area contributed by atoms with Crippen LogP contribution >= 0.6 is 15.9 Å². The molecule has 1 amide bonds. The second-order valence-corrected chi connectivity index (χ2v) is 7.70. The molecular formula is C20H24BrN3O. The van der Waals surface area contributed by atoms with Crippen LogP contribution in [0.5, 0.6) is 0 Å². The van der Waals surface area contributed by atoms with Crippen LogP contribution in [-0.2, 0) is 4.79 Å². The Kier molecular flexibility index (Phi) is 6.28. The zero-order valence-electron chi connectivity index (χ0n) is 14.5. The van der Waals surface area contributed by atoms with Gasteiger partial charge in [-0.15, -0.1) is 0 Å². The van der Waals surface area contributed by atoms with Crippen LogP contribution in [0.15, 0.2) is 40.4 Å². The van der Waals surface area contributed by atoms with Crippen molar-refractivity contribution in [3.8, 4) is 6.07 Å². The van der Waals surface area contributed by atoms with E-state index in [2.05, 4.69) is 33.0 Å². The molecule has 0 aromatic heterocycles. The van der Waals surface area contributed by atoms with Gasteiger partial charge in [-0.05, 0) is 43.4 Å². The molecule has 3 rings (SSSR count). The van der Waals surface area contributed by atoms with E-state index in [1.165, 1.54) is 18.4 Å². The molecule has 1 aromatic carbocycles. The SMILES string of the molecule is N#C[C@@H](c1ccc(Br)cc1)N1CCN(C(=O)CC2=CCCCC2)CC1. The number of allylic oxidation sites excluding steroid dienone is 1. The van der Waals surface area contributed by atoms with Crippen molar-refractivity contribution in [1.82, 2.24) is 9.80 Å². The number of hydrogen-bond donors (Lipinski definition) is 0. The first-order valence-corrected chi connectivity index (χ1v) is 9.81. The molecule has 1 fully saturated rings. The maximum Gasteiger partial charge on any atom is 0.226 e. The van der Waals surface area contributed by atoms with Crippen LogP contribution in [0, 0.1) is 11.3 Å². The smallest absolute Gasteiger partial charge is 0.226 e. The number of nitriles is 1. The zero-order chi connectivity index (χ0) is 17.6. The number of amides is 1. The van der Waals surface area contributed by atoms with E-state index in [0.29, 0.717) is 19.5 Å². The van der Waals surface area contributed by atoms with Crippen molar-refractivity contribution in [2.45, 2.75) is 38.1 Å². The maximum absolute atomic E-state index is 12.5. The zero-order valence-corrected chi connectivity index (χ0v) is 16.0. The lowest BCUT2D eigenvalue weighted by atomic mass is 9.96. The predicted octanol–water partition coefficient (Wildman–Crippen LogP) is 4.05. The summed E-state index contributed by atoms with van der Waals surface area (Å²) in [6, 6.07) is 10.1. The number of piperazine rings is 1. The van der Waals surface area contributed by atoms with Crippen LogP contribution in [0.2, 0.25) is 0 Å². The highest BCUT2D eigenvalue weighted by atomic mass is 79.9. The molecule has 1 heterocycles. The first-order chi connectivity index (χ1) is 12.2. The van der Waals surface area contributed by atoms with Gasteiger partial charge in [0.25, 0.3) is 0 Å². The summed E-state index contributed by atoms with van der Waals surface area (Å²) in [5, 5.41) is 9.60. The molecule has 0 spiro atoms. The molecule has 1 aromatic rings. The Morgan fingerprint density at radius 2 is 1.88 bits per heavy atom. The molecule has 0 bridgehead atoms. The Balaban J connectivity index is 1.55. The average molecular weight is 402 g/mol. The van der Waals surface area contributed by atoms with Gasteiger partial charge in [0, 0.05) is 37.1 Å². The topological polar surface area (TPSA) is 47.3 Å². The molecule has 5 heteroatoms. The van der Waals surface area contributed by atoms with Gasteiger partial charge in [0.1, 0.15) is 6.04 Å². The molecule has 0 unspecified atom stereocenters. The molecule has 1 aliphatic carbocycles. The number of carbonyl (C=O) groups excluding carboxylic acids is 1. The first kappa shape index (κ1) is 18.2. The van der Waals surface area contributed by atoms with Gasteiger partial charge >= 0.3 is 0 Å². The van der Waals surface area contributed by atoms with Gasteiger partial charge in [-0.3, -0.25) is 9.69 Å². The normalized spacial score (nSPS) is 19.8. The third-order valence-corrected chi connectivity index (χ3v) is 5.63. The minimum absolute atomic E-state index is 0.241. The van der Waals surface area contributed by atoms with Gasteiger partial charge in [-0.1, -0.05) is 39.7 Å². The van der Waals surface area contributed by atoms with Gasteiger partial charge < -0.3 is 4.90 Å². The molecule has 1 aliphatic heterocycles. The molecule has 4 nitrogen and oxygen atoms in total. The van der Waals surface area contributed by atoms with Gasteiger partial charge in [0.15, 0.2) is 0 Å². The van der Waals surface area contributed by atoms with E-state index >= 15 is 0 Å². The predicted molar refractivity (Wildman–Crippen MR) is 102 cm³/mol. The van der Waals surface area contributed by atoms with Crippen LogP contribution in [-0.4, -0.2) is 41.9 Å². The van der Waals surface area contributed by atoms with E-state index in [-0.39, 0.29) is 11.9 Å². The van der Waals surface area contributed by atoms with Crippen molar-refractivity contribution < 1.29 is 4.79 Å². The summed E-state index contributed by atoms with van der Waals surface area (Å²) in [4.78, 5) is 16.6. The Morgan fingerprint density at radius 3 is 2.48 bits per heavy atom. The van der Waals surface area contributed by atoms with Crippen LogP contribution < -0.4 is 0 Å². The summed E-state index contributed by atoms with van der Waals surface area (Å²) in [7, 11) is 0. The minimum Gasteiger partial charge on any atom is -0.340 e. The Morgan fingerprint density at radius 1 is 1.16 bits per heavy atom. The van der Waals surface area contributed by atoms with Gasteiger partial charge in [-0.2, -0.15) is 5.26 Å². The van der Waals surface area contributed by atoms with Gasteiger partial charge in [0.05, 0.1) is 6.07 Å². The minimum atomic E-state index is -0.244. The molecule has 1 saturated heterocycles. The fraction of sp³-hybridized carbons (Fsp3) is 0.500. The second kappa shape index (κ2) is 8.64. The Labute approximate surface area is 158 Å². The van der Waals surface area contributed by atoms with Crippen molar-refractivity contribution in [1.29, 1.82) is 5.26 Å². The van der Waals surface area contributed by atoms with Crippen molar-refractivity contribution in [3.63, 3.8) is 0 Å². The molecule has 2 aliphatic rings. The highest BCUT2D eigenvalue weighted by Gasteiger charge is 2.27. The molecule has 0 N–H and O–H groups in total. The van der Waals surface area contributed by atoms with E-state index in [1.54, 1.807) is 0 Å². The van der Waals surface area contributed by atoms with Gasteiger partial charge in [0.2, 0.25) is 5.91 Å². The lowest BCUT2D eigenvalue weighted by Crippen LogP contribution is -2.49. The maximum atomic E-state index is 12.5. The van der Waals surface area contributed by atoms with E-state index < -0.39 is 0 Å². The number of rotatable bonds is 4. The van der Waals surface area contributed by atoms with Crippen molar-refractivity contribution in [2.24, 2.45) is 0 Å². The molecule has 132 valence electrons. The molecule has 0 saturated carbocycles.